The number of nitrogens with zero attached hydrogens (tertiary/aromatic N) is 2. The number of hydrogen-bond acceptors (Lipinski definition) is 5. The first-order chi connectivity index (χ1) is 11.0. The van der Waals surface area contributed by atoms with Crippen molar-refractivity contribution >= 4 is 11.6 Å². The van der Waals surface area contributed by atoms with E-state index in [0.717, 1.165) is 19.3 Å². The molecule has 0 unspecified atom stereocenters. The molecule has 6 nitrogen and oxygen atoms in total. The molecule has 0 atom stereocenters. The number of carbonyl (C=O) groups is 1. The van der Waals surface area contributed by atoms with Crippen molar-refractivity contribution < 1.29 is 14.5 Å². The van der Waals surface area contributed by atoms with E-state index in [1.165, 1.54) is 17.2 Å². The lowest BCUT2D eigenvalue weighted by molar-refractivity contribution is -0.390. The van der Waals surface area contributed by atoms with Crippen LogP contribution in [0.5, 0.6) is 5.75 Å². The number of ether oxygens (including phenoxy) is 1. The number of hydrogen-bond donors (Lipinski definition) is 0. The van der Waals surface area contributed by atoms with Crippen LogP contribution < -0.4 is 4.74 Å². The Morgan fingerprint density at radius 3 is 2.83 bits per heavy atom. The SMILES string of the molecule is Cc1ccc(OCC(=O)c2ccc3c(c2)CCC3)c([N+](=O)[O-])n1. The molecule has 0 bridgehead atoms. The van der Waals surface area contributed by atoms with E-state index in [0.29, 0.717) is 11.3 Å². The Balaban J connectivity index is 1.73. The summed E-state index contributed by atoms with van der Waals surface area (Å²) < 4.78 is 5.34. The van der Waals surface area contributed by atoms with E-state index < -0.39 is 4.92 Å². The Kier molecular flexibility index (Phi) is 4.06. The van der Waals surface area contributed by atoms with Crippen LogP contribution >= 0.6 is 0 Å². The fraction of sp³-hybridized carbons (Fsp3) is 0.294. The highest BCUT2D eigenvalue weighted by Crippen LogP contribution is 2.25. The second-order valence-corrected chi connectivity index (χ2v) is 5.58. The average Bonchev–Trinajstić information content (AvgIpc) is 3.00. The predicted octanol–water partition coefficient (Wildman–Crippen LogP) is 3.05. The fourth-order valence-electron chi connectivity index (χ4n) is 2.75. The molecule has 3 rings (SSSR count). The number of pyridine rings is 1. The molecule has 6 heteroatoms. The average molecular weight is 312 g/mol. The maximum atomic E-state index is 12.3. The molecule has 1 aromatic heterocycles. The highest BCUT2D eigenvalue weighted by atomic mass is 16.6. The van der Waals surface area contributed by atoms with Crippen molar-refractivity contribution in [3.8, 4) is 5.75 Å². The van der Waals surface area contributed by atoms with Crippen molar-refractivity contribution in [1.29, 1.82) is 0 Å². The number of ketones is 1. The van der Waals surface area contributed by atoms with E-state index in [2.05, 4.69) is 4.98 Å². The zero-order chi connectivity index (χ0) is 16.4. The van der Waals surface area contributed by atoms with Gasteiger partial charge in [0.25, 0.3) is 0 Å². The summed E-state index contributed by atoms with van der Waals surface area (Å²) in [4.78, 5) is 26.5. The summed E-state index contributed by atoms with van der Waals surface area (Å²) in [5.74, 6) is -0.559. The molecule has 1 aliphatic carbocycles. The molecule has 0 saturated carbocycles. The van der Waals surface area contributed by atoms with Gasteiger partial charge in [0.05, 0.1) is 0 Å². The highest BCUT2D eigenvalue weighted by molar-refractivity contribution is 5.97. The monoisotopic (exact) mass is 312 g/mol. The fourth-order valence-corrected chi connectivity index (χ4v) is 2.75. The van der Waals surface area contributed by atoms with Crippen LogP contribution in [0.4, 0.5) is 5.82 Å². The normalized spacial score (nSPS) is 12.7. The summed E-state index contributed by atoms with van der Waals surface area (Å²) in [6.07, 6.45) is 3.16. The molecular formula is C17H16N2O4. The third kappa shape index (κ3) is 3.21. The highest BCUT2D eigenvalue weighted by Gasteiger charge is 2.19. The Labute approximate surface area is 133 Å². The van der Waals surface area contributed by atoms with Gasteiger partial charge in [-0.05, 0) is 58.5 Å². The van der Waals surface area contributed by atoms with Gasteiger partial charge in [-0.3, -0.25) is 4.79 Å². The number of carbonyl (C=O) groups excluding carboxylic acids is 1. The lowest BCUT2D eigenvalue weighted by atomic mass is 10.0. The van der Waals surface area contributed by atoms with Crippen LogP contribution in [-0.4, -0.2) is 22.3 Å². The lowest BCUT2D eigenvalue weighted by Gasteiger charge is -2.07. The number of aromatic nitrogens is 1. The minimum Gasteiger partial charge on any atom is -0.477 e. The molecule has 1 aromatic carbocycles. The van der Waals surface area contributed by atoms with Crippen molar-refractivity contribution in [1.82, 2.24) is 4.98 Å². The van der Waals surface area contributed by atoms with E-state index >= 15 is 0 Å². The summed E-state index contributed by atoms with van der Waals surface area (Å²) >= 11 is 0. The van der Waals surface area contributed by atoms with Crippen molar-refractivity contribution in [2.24, 2.45) is 0 Å². The molecule has 0 radical (unpaired) electrons. The zero-order valence-corrected chi connectivity index (χ0v) is 12.7. The Morgan fingerprint density at radius 2 is 2.04 bits per heavy atom. The number of nitro groups is 1. The van der Waals surface area contributed by atoms with Gasteiger partial charge in [-0.2, -0.15) is 0 Å². The van der Waals surface area contributed by atoms with Gasteiger partial charge >= 0.3 is 5.82 Å². The minimum absolute atomic E-state index is 0.00936. The Morgan fingerprint density at radius 1 is 1.26 bits per heavy atom. The number of Topliss-reactive ketones (excluding diaryl/α,β-unsaturated/α-hetero) is 1. The van der Waals surface area contributed by atoms with E-state index in [-0.39, 0.29) is 24.0 Å². The molecule has 1 aliphatic rings. The van der Waals surface area contributed by atoms with E-state index in [1.54, 1.807) is 19.1 Å². The number of fused-ring (bicyclic) bond motifs is 1. The predicted molar refractivity (Wildman–Crippen MR) is 83.9 cm³/mol. The van der Waals surface area contributed by atoms with Crippen molar-refractivity contribution in [2.75, 3.05) is 6.61 Å². The second kappa shape index (κ2) is 6.16. The summed E-state index contributed by atoms with van der Waals surface area (Å²) in [5.41, 5.74) is 3.60. The molecular weight excluding hydrogens is 296 g/mol. The molecule has 23 heavy (non-hydrogen) atoms. The van der Waals surface area contributed by atoms with Crippen molar-refractivity contribution in [2.45, 2.75) is 26.2 Å². The lowest BCUT2D eigenvalue weighted by Crippen LogP contribution is -2.13. The van der Waals surface area contributed by atoms with Crippen LogP contribution in [0, 0.1) is 17.0 Å². The molecule has 0 aliphatic heterocycles. The molecule has 118 valence electrons. The zero-order valence-electron chi connectivity index (χ0n) is 12.7. The van der Waals surface area contributed by atoms with Gasteiger partial charge in [0.15, 0.2) is 12.4 Å². The molecule has 0 N–H and O–H groups in total. The first-order valence-electron chi connectivity index (χ1n) is 7.44. The van der Waals surface area contributed by atoms with Crippen LogP contribution in [0.3, 0.4) is 0 Å². The minimum atomic E-state index is -0.609. The van der Waals surface area contributed by atoms with Gasteiger partial charge in [0, 0.05) is 12.5 Å². The first kappa shape index (κ1) is 15.1. The van der Waals surface area contributed by atoms with Crippen LogP contribution in [0.25, 0.3) is 0 Å². The smallest absolute Gasteiger partial charge is 0.406 e. The Bertz CT molecular complexity index is 786. The third-order valence-corrected chi connectivity index (χ3v) is 3.93. The standard InChI is InChI=1S/C17H16N2O4/c1-11-5-8-16(17(18-11)19(21)22)23-10-15(20)14-7-6-12-3-2-4-13(12)9-14/h5-9H,2-4,10H2,1H3. The van der Waals surface area contributed by atoms with Gasteiger partial charge in [0.2, 0.25) is 5.75 Å². The maximum absolute atomic E-state index is 12.3. The van der Waals surface area contributed by atoms with Gasteiger partial charge in [-0.1, -0.05) is 12.1 Å². The molecule has 0 fully saturated rings. The van der Waals surface area contributed by atoms with E-state index in [4.69, 9.17) is 4.74 Å². The molecule has 1 heterocycles. The quantitative estimate of drug-likeness (QED) is 0.481. The van der Waals surface area contributed by atoms with Crippen molar-refractivity contribution in [3.63, 3.8) is 0 Å². The van der Waals surface area contributed by atoms with E-state index in [9.17, 15) is 14.9 Å². The number of benzene rings is 1. The van der Waals surface area contributed by atoms with Crippen LogP contribution in [-0.2, 0) is 12.8 Å². The van der Waals surface area contributed by atoms with Gasteiger partial charge in [0.1, 0.15) is 5.69 Å². The number of rotatable bonds is 5. The van der Waals surface area contributed by atoms with Gasteiger partial charge < -0.3 is 14.9 Å². The number of aryl methyl sites for hydroxylation is 3. The first-order valence-corrected chi connectivity index (χ1v) is 7.44. The summed E-state index contributed by atoms with van der Waals surface area (Å²) in [6.45, 7) is 1.41. The molecule has 0 spiro atoms. The maximum Gasteiger partial charge on any atom is 0.406 e. The van der Waals surface area contributed by atoms with E-state index in [1.807, 2.05) is 12.1 Å². The van der Waals surface area contributed by atoms with Gasteiger partial charge in [-0.25, -0.2) is 0 Å². The van der Waals surface area contributed by atoms with Crippen LogP contribution in [0.2, 0.25) is 0 Å². The summed E-state index contributed by atoms with van der Waals surface area (Å²) in [7, 11) is 0. The van der Waals surface area contributed by atoms with Crippen molar-refractivity contribution in [3.05, 3.63) is 62.8 Å². The molecule has 2 aromatic rings. The van der Waals surface area contributed by atoms with Crippen LogP contribution in [0.1, 0.15) is 33.6 Å². The topological polar surface area (TPSA) is 82.3 Å². The largest absolute Gasteiger partial charge is 0.477 e. The molecule has 0 amide bonds. The van der Waals surface area contributed by atoms with Gasteiger partial charge in [-0.15, -0.1) is 0 Å². The third-order valence-electron chi connectivity index (χ3n) is 3.93. The second-order valence-electron chi connectivity index (χ2n) is 5.58. The summed E-state index contributed by atoms with van der Waals surface area (Å²) in [5, 5.41) is 11.0. The Hall–Kier alpha value is -2.76. The summed E-state index contributed by atoms with van der Waals surface area (Å²) in [6, 6.07) is 8.75. The molecule has 0 saturated heterocycles. The van der Waals surface area contributed by atoms with Crippen LogP contribution in [0.15, 0.2) is 30.3 Å².